The van der Waals surface area contributed by atoms with Crippen LogP contribution in [-0.4, -0.2) is 26.7 Å². The maximum Gasteiger partial charge on any atom is 0.240 e. The first kappa shape index (κ1) is 17.6. The number of aliphatic hydroxyl groups excluding tert-OH is 1. The predicted octanol–water partition coefficient (Wildman–Crippen LogP) is 2.03. The fourth-order valence-electron chi connectivity index (χ4n) is 2.22. The molecule has 21 heavy (non-hydrogen) atoms. The van der Waals surface area contributed by atoms with Gasteiger partial charge in [0.15, 0.2) is 0 Å². The molecule has 116 valence electrons. The molecule has 0 heterocycles. The molecule has 0 unspecified atom stereocenters. The second kappa shape index (κ2) is 7.55. The number of hydrogen-bond donors (Lipinski definition) is 2. The van der Waals surface area contributed by atoms with Crippen molar-refractivity contribution in [3.05, 3.63) is 29.8 Å². The van der Waals surface area contributed by atoms with Crippen molar-refractivity contribution in [2.45, 2.75) is 38.0 Å². The topological polar surface area (TPSA) is 90.2 Å². The zero-order valence-corrected chi connectivity index (χ0v) is 13.3. The zero-order chi connectivity index (χ0) is 15.9. The standard InChI is InChI=1S/C15H22N2O3S/c1-3-15(4-2,9-10-18)12-17-21(19,20)14-7-5-13(11-16)6-8-14/h5-8,17-18H,3-4,9-10,12H2,1-2H3. The molecule has 2 N–H and O–H groups in total. The fraction of sp³-hybridized carbons (Fsp3) is 0.533. The molecule has 0 saturated heterocycles. The monoisotopic (exact) mass is 310 g/mol. The lowest BCUT2D eigenvalue weighted by atomic mass is 9.80. The smallest absolute Gasteiger partial charge is 0.240 e. The molecule has 0 amide bonds. The Morgan fingerprint density at radius 2 is 1.81 bits per heavy atom. The average Bonchev–Trinajstić information content (AvgIpc) is 2.51. The number of hydrogen-bond acceptors (Lipinski definition) is 4. The van der Waals surface area contributed by atoms with E-state index in [1.54, 1.807) is 0 Å². The minimum absolute atomic E-state index is 0.0419. The van der Waals surface area contributed by atoms with E-state index >= 15 is 0 Å². The minimum Gasteiger partial charge on any atom is -0.396 e. The molecule has 0 aliphatic heterocycles. The van der Waals surface area contributed by atoms with Gasteiger partial charge in [-0.2, -0.15) is 5.26 Å². The number of rotatable bonds is 8. The summed E-state index contributed by atoms with van der Waals surface area (Å²) in [6.45, 7) is 4.33. The van der Waals surface area contributed by atoms with Gasteiger partial charge in [-0.1, -0.05) is 13.8 Å². The van der Waals surface area contributed by atoms with Crippen molar-refractivity contribution in [1.82, 2.24) is 4.72 Å². The van der Waals surface area contributed by atoms with E-state index in [0.717, 1.165) is 12.8 Å². The quantitative estimate of drug-likeness (QED) is 0.768. The van der Waals surface area contributed by atoms with Crippen LogP contribution >= 0.6 is 0 Å². The fourth-order valence-corrected chi connectivity index (χ4v) is 3.38. The number of nitriles is 1. The third kappa shape index (κ3) is 4.53. The molecule has 0 atom stereocenters. The van der Waals surface area contributed by atoms with E-state index in [4.69, 9.17) is 10.4 Å². The van der Waals surface area contributed by atoms with Crippen LogP contribution in [0, 0.1) is 16.7 Å². The number of nitrogens with one attached hydrogen (secondary N) is 1. The Morgan fingerprint density at radius 3 is 2.24 bits per heavy atom. The predicted molar refractivity (Wildman–Crippen MR) is 81.1 cm³/mol. The largest absolute Gasteiger partial charge is 0.396 e. The van der Waals surface area contributed by atoms with Gasteiger partial charge in [-0.3, -0.25) is 0 Å². The van der Waals surface area contributed by atoms with E-state index < -0.39 is 10.0 Å². The molecular formula is C15H22N2O3S. The summed E-state index contributed by atoms with van der Waals surface area (Å²) in [6, 6.07) is 7.76. The van der Waals surface area contributed by atoms with Crippen LogP contribution in [-0.2, 0) is 10.0 Å². The van der Waals surface area contributed by atoms with Gasteiger partial charge in [-0.15, -0.1) is 0 Å². The van der Waals surface area contributed by atoms with Gasteiger partial charge in [0.1, 0.15) is 0 Å². The van der Waals surface area contributed by atoms with Gasteiger partial charge in [0.05, 0.1) is 16.5 Å². The lowest BCUT2D eigenvalue weighted by Crippen LogP contribution is -2.37. The number of aliphatic hydroxyl groups is 1. The van der Waals surface area contributed by atoms with Crippen molar-refractivity contribution in [2.24, 2.45) is 5.41 Å². The molecule has 1 aromatic rings. The summed E-state index contributed by atoms with van der Waals surface area (Å²) in [7, 11) is -3.60. The average molecular weight is 310 g/mol. The van der Waals surface area contributed by atoms with Crippen LogP contribution in [0.5, 0.6) is 0 Å². The first-order chi connectivity index (χ1) is 9.93. The minimum atomic E-state index is -3.60. The Hall–Kier alpha value is -1.42. The van der Waals surface area contributed by atoms with Crippen molar-refractivity contribution in [3.63, 3.8) is 0 Å². The molecule has 0 radical (unpaired) electrons. The van der Waals surface area contributed by atoms with Gasteiger partial charge >= 0.3 is 0 Å². The van der Waals surface area contributed by atoms with Gasteiger partial charge in [0.25, 0.3) is 0 Å². The summed E-state index contributed by atoms with van der Waals surface area (Å²) < 4.78 is 27.1. The highest BCUT2D eigenvalue weighted by Gasteiger charge is 2.28. The molecule has 1 rings (SSSR count). The maximum atomic E-state index is 12.3. The van der Waals surface area contributed by atoms with E-state index in [9.17, 15) is 8.42 Å². The molecule has 0 saturated carbocycles. The van der Waals surface area contributed by atoms with Crippen molar-refractivity contribution in [1.29, 1.82) is 5.26 Å². The van der Waals surface area contributed by atoms with Crippen LogP contribution < -0.4 is 4.72 Å². The Labute approximate surface area is 126 Å². The number of sulfonamides is 1. The molecular weight excluding hydrogens is 288 g/mol. The summed E-state index contributed by atoms with van der Waals surface area (Å²) in [5, 5.41) is 17.9. The van der Waals surface area contributed by atoms with E-state index in [1.165, 1.54) is 24.3 Å². The normalized spacial score (nSPS) is 12.1. The molecule has 0 spiro atoms. The number of benzene rings is 1. The molecule has 0 fully saturated rings. The summed E-state index contributed by atoms with van der Waals surface area (Å²) in [5.41, 5.74) is 0.194. The zero-order valence-electron chi connectivity index (χ0n) is 12.5. The van der Waals surface area contributed by atoms with Crippen LogP contribution in [0.2, 0.25) is 0 Å². The Balaban J connectivity index is 2.86. The maximum absolute atomic E-state index is 12.3. The van der Waals surface area contributed by atoms with Crippen LogP contribution in [0.25, 0.3) is 0 Å². The van der Waals surface area contributed by atoms with E-state index in [1.807, 2.05) is 19.9 Å². The Kier molecular flexibility index (Phi) is 6.34. The first-order valence-electron chi connectivity index (χ1n) is 7.03. The van der Waals surface area contributed by atoms with Crippen molar-refractivity contribution in [2.75, 3.05) is 13.2 Å². The molecule has 0 aliphatic rings. The van der Waals surface area contributed by atoms with Crippen LogP contribution in [0.3, 0.4) is 0 Å². The molecule has 0 aromatic heterocycles. The van der Waals surface area contributed by atoms with E-state index in [2.05, 4.69) is 4.72 Å². The molecule has 6 heteroatoms. The lowest BCUT2D eigenvalue weighted by molar-refractivity contribution is 0.170. The highest BCUT2D eigenvalue weighted by atomic mass is 32.2. The number of nitrogens with zero attached hydrogens (tertiary/aromatic N) is 1. The summed E-state index contributed by atoms with van der Waals surface area (Å²) >= 11 is 0. The van der Waals surface area contributed by atoms with E-state index in [-0.39, 0.29) is 16.9 Å². The van der Waals surface area contributed by atoms with Crippen molar-refractivity contribution in [3.8, 4) is 6.07 Å². The molecule has 1 aromatic carbocycles. The SMILES string of the molecule is CCC(CC)(CCO)CNS(=O)(=O)c1ccc(C#N)cc1. The third-order valence-electron chi connectivity index (χ3n) is 4.07. The third-order valence-corrected chi connectivity index (χ3v) is 5.49. The van der Waals surface area contributed by atoms with Gasteiger partial charge < -0.3 is 5.11 Å². The highest BCUT2D eigenvalue weighted by Crippen LogP contribution is 2.30. The molecule has 0 bridgehead atoms. The first-order valence-corrected chi connectivity index (χ1v) is 8.52. The molecule has 5 nitrogen and oxygen atoms in total. The molecule has 0 aliphatic carbocycles. The van der Waals surface area contributed by atoms with Crippen LogP contribution in [0.1, 0.15) is 38.7 Å². The Morgan fingerprint density at radius 1 is 1.24 bits per heavy atom. The second-order valence-corrected chi connectivity index (χ2v) is 6.91. The van der Waals surface area contributed by atoms with E-state index in [0.29, 0.717) is 18.5 Å². The van der Waals surface area contributed by atoms with Crippen LogP contribution in [0.15, 0.2) is 29.2 Å². The van der Waals surface area contributed by atoms with Crippen molar-refractivity contribution < 1.29 is 13.5 Å². The Bertz CT molecular complexity index is 584. The van der Waals surface area contributed by atoms with Gasteiger partial charge in [0.2, 0.25) is 10.0 Å². The van der Waals surface area contributed by atoms with Gasteiger partial charge in [0, 0.05) is 13.2 Å². The summed E-state index contributed by atoms with van der Waals surface area (Å²) in [5.74, 6) is 0. The van der Waals surface area contributed by atoms with Gasteiger partial charge in [-0.05, 0) is 48.9 Å². The van der Waals surface area contributed by atoms with Crippen molar-refractivity contribution >= 4 is 10.0 Å². The second-order valence-electron chi connectivity index (χ2n) is 5.14. The lowest BCUT2D eigenvalue weighted by Gasteiger charge is -2.31. The summed E-state index contributed by atoms with van der Waals surface area (Å²) in [6.07, 6.45) is 2.15. The summed E-state index contributed by atoms with van der Waals surface area (Å²) in [4.78, 5) is 0.145. The highest BCUT2D eigenvalue weighted by molar-refractivity contribution is 7.89. The van der Waals surface area contributed by atoms with Crippen LogP contribution in [0.4, 0.5) is 0 Å². The van der Waals surface area contributed by atoms with Gasteiger partial charge in [-0.25, -0.2) is 13.1 Å².